The highest BCUT2D eigenvalue weighted by Gasteiger charge is 2.18. The van der Waals surface area contributed by atoms with Crippen molar-refractivity contribution in [1.29, 1.82) is 5.26 Å². The van der Waals surface area contributed by atoms with Crippen molar-refractivity contribution in [1.82, 2.24) is 25.0 Å². The molecular weight excluding hydrogens is 370 g/mol. The Balaban J connectivity index is 1.85. The average molecular weight is 391 g/mol. The van der Waals surface area contributed by atoms with E-state index >= 15 is 0 Å². The van der Waals surface area contributed by atoms with E-state index in [0.29, 0.717) is 29.4 Å². The number of hydrogen-bond donors (Lipinski definition) is 3. The Kier molecular flexibility index (Phi) is 5.99. The number of primary amides is 1. The predicted octanol–water partition coefficient (Wildman–Crippen LogP) is 1.98. The molecule has 29 heavy (non-hydrogen) atoms. The van der Waals surface area contributed by atoms with Crippen LogP contribution in [0.25, 0.3) is 5.82 Å². The average Bonchev–Trinajstić information content (AvgIpc) is 3.22. The Morgan fingerprint density at radius 1 is 1.31 bits per heavy atom. The number of carbonyl (C=O) groups is 1. The molecule has 0 saturated heterocycles. The summed E-state index contributed by atoms with van der Waals surface area (Å²) in [6, 6.07) is 8.50. The molecule has 0 aliphatic rings. The lowest BCUT2D eigenvalue weighted by Crippen LogP contribution is -2.36. The van der Waals surface area contributed by atoms with E-state index in [0.717, 1.165) is 0 Å². The minimum atomic E-state index is -0.537. The highest BCUT2D eigenvalue weighted by molar-refractivity contribution is 5.83. The summed E-state index contributed by atoms with van der Waals surface area (Å²) in [7, 11) is 0. The molecule has 3 heterocycles. The second kappa shape index (κ2) is 8.79. The summed E-state index contributed by atoms with van der Waals surface area (Å²) in [6.07, 6.45) is 5.19. The molecule has 3 aromatic heterocycles. The largest absolute Gasteiger partial charge is 0.372 e. The maximum atomic E-state index is 11.7. The third-order valence-corrected chi connectivity index (χ3v) is 4.01. The van der Waals surface area contributed by atoms with Gasteiger partial charge in [0, 0.05) is 0 Å². The van der Waals surface area contributed by atoms with Gasteiger partial charge < -0.3 is 16.4 Å². The van der Waals surface area contributed by atoms with E-state index in [1.165, 1.54) is 11.0 Å². The van der Waals surface area contributed by atoms with Crippen molar-refractivity contribution in [3.8, 4) is 11.9 Å². The zero-order chi connectivity index (χ0) is 20.8. The summed E-state index contributed by atoms with van der Waals surface area (Å²) in [5.41, 5.74) is 6.71. The van der Waals surface area contributed by atoms with Crippen molar-refractivity contribution in [2.75, 3.05) is 10.6 Å². The van der Waals surface area contributed by atoms with Gasteiger partial charge >= 0.3 is 0 Å². The number of aromatic nitrogens is 5. The smallest absolute Gasteiger partial charge is 0.239 e. The number of nitrogens with one attached hydrogen (secondary N) is 2. The maximum Gasteiger partial charge on any atom is 0.239 e. The van der Waals surface area contributed by atoms with Gasteiger partial charge in [-0.3, -0.25) is 4.79 Å². The Labute approximate surface area is 167 Å². The minimum absolute atomic E-state index is 0.194. The number of nitrogens with zero attached hydrogens (tertiary/aromatic N) is 6. The Morgan fingerprint density at radius 2 is 2.07 bits per heavy atom. The number of hydrogen-bond acceptors (Lipinski definition) is 8. The number of rotatable bonds is 8. The van der Waals surface area contributed by atoms with Crippen LogP contribution in [-0.4, -0.2) is 36.9 Å². The van der Waals surface area contributed by atoms with E-state index in [1.807, 2.05) is 19.9 Å². The lowest BCUT2D eigenvalue weighted by molar-refractivity contribution is -0.119. The van der Waals surface area contributed by atoms with Crippen LogP contribution in [0.15, 0.2) is 42.9 Å². The van der Waals surface area contributed by atoms with Gasteiger partial charge in [-0.1, -0.05) is 19.9 Å². The first-order chi connectivity index (χ1) is 14.0. The van der Waals surface area contributed by atoms with Crippen molar-refractivity contribution >= 4 is 23.1 Å². The van der Waals surface area contributed by atoms with Crippen molar-refractivity contribution < 1.29 is 4.79 Å². The molecule has 0 aliphatic heterocycles. The lowest BCUT2D eigenvalue weighted by atomic mass is 10.0. The van der Waals surface area contributed by atoms with E-state index in [-0.39, 0.29) is 11.6 Å². The molecule has 4 N–H and O–H groups in total. The number of anilines is 3. The Bertz CT molecular complexity index is 1020. The molecule has 0 aliphatic carbocycles. The molecule has 3 rings (SSSR count). The van der Waals surface area contributed by atoms with Gasteiger partial charge in [0.05, 0.1) is 30.0 Å². The fourth-order valence-electron chi connectivity index (χ4n) is 2.72. The van der Waals surface area contributed by atoms with E-state index in [2.05, 4.69) is 30.8 Å². The fraction of sp³-hybridized carbons (Fsp3) is 0.263. The minimum Gasteiger partial charge on any atom is -0.372 e. The van der Waals surface area contributed by atoms with Gasteiger partial charge in [0.15, 0.2) is 11.5 Å². The molecular formula is C19H21N9O. The third kappa shape index (κ3) is 5.04. The van der Waals surface area contributed by atoms with E-state index in [4.69, 9.17) is 5.73 Å². The van der Waals surface area contributed by atoms with Crippen LogP contribution in [0.5, 0.6) is 0 Å². The van der Waals surface area contributed by atoms with Gasteiger partial charge in [-0.2, -0.15) is 15.5 Å². The summed E-state index contributed by atoms with van der Waals surface area (Å²) >= 11 is 0. The van der Waals surface area contributed by atoms with E-state index < -0.39 is 11.9 Å². The molecule has 0 aromatic carbocycles. The molecule has 3 aromatic rings. The molecule has 148 valence electrons. The van der Waals surface area contributed by atoms with Crippen LogP contribution in [0.2, 0.25) is 0 Å². The van der Waals surface area contributed by atoms with E-state index in [9.17, 15) is 10.1 Å². The lowest BCUT2D eigenvalue weighted by Gasteiger charge is -2.19. The number of nitriles is 1. The van der Waals surface area contributed by atoms with Crippen LogP contribution in [0.3, 0.4) is 0 Å². The molecule has 0 spiro atoms. The zero-order valence-electron chi connectivity index (χ0n) is 16.1. The molecule has 1 unspecified atom stereocenters. The van der Waals surface area contributed by atoms with Gasteiger partial charge in [-0.05, 0) is 30.5 Å². The third-order valence-electron chi connectivity index (χ3n) is 4.01. The van der Waals surface area contributed by atoms with Gasteiger partial charge in [0.25, 0.3) is 0 Å². The van der Waals surface area contributed by atoms with E-state index in [1.54, 1.807) is 36.7 Å². The van der Waals surface area contributed by atoms with Gasteiger partial charge in [0.2, 0.25) is 5.91 Å². The first kappa shape index (κ1) is 19.8. The highest BCUT2D eigenvalue weighted by atomic mass is 16.1. The maximum absolute atomic E-state index is 11.7. The van der Waals surface area contributed by atoms with Crippen molar-refractivity contribution in [3.05, 3.63) is 48.5 Å². The van der Waals surface area contributed by atoms with Crippen LogP contribution in [0, 0.1) is 17.2 Å². The van der Waals surface area contributed by atoms with Crippen molar-refractivity contribution in [2.45, 2.75) is 26.3 Å². The van der Waals surface area contributed by atoms with Crippen LogP contribution < -0.4 is 16.4 Å². The number of carbonyl (C=O) groups excluding carboxylic acids is 1. The second-order valence-electron chi connectivity index (χ2n) is 6.79. The molecule has 0 radical (unpaired) electrons. The van der Waals surface area contributed by atoms with Gasteiger partial charge in [0.1, 0.15) is 17.9 Å². The molecule has 0 fully saturated rings. The first-order valence-corrected chi connectivity index (χ1v) is 9.03. The summed E-state index contributed by atoms with van der Waals surface area (Å²) < 4.78 is 0. The Morgan fingerprint density at radius 3 is 2.72 bits per heavy atom. The van der Waals surface area contributed by atoms with Crippen LogP contribution in [0.4, 0.5) is 17.2 Å². The first-order valence-electron chi connectivity index (χ1n) is 9.03. The normalized spacial score (nSPS) is 11.7. The van der Waals surface area contributed by atoms with Crippen LogP contribution in [-0.2, 0) is 4.79 Å². The van der Waals surface area contributed by atoms with Gasteiger partial charge in [-0.25, -0.2) is 9.97 Å². The molecule has 10 heteroatoms. The predicted molar refractivity (Wildman–Crippen MR) is 107 cm³/mol. The summed E-state index contributed by atoms with van der Waals surface area (Å²) in [5, 5.41) is 23.7. The topological polar surface area (TPSA) is 147 Å². The number of amides is 1. The number of pyridine rings is 2. The zero-order valence-corrected chi connectivity index (χ0v) is 16.1. The molecule has 0 bridgehead atoms. The Hall–Kier alpha value is -4.00. The summed E-state index contributed by atoms with van der Waals surface area (Å²) in [6.45, 7) is 4.02. The van der Waals surface area contributed by atoms with Crippen LogP contribution >= 0.6 is 0 Å². The monoisotopic (exact) mass is 391 g/mol. The molecule has 10 nitrogen and oxygen atoms in total. The molecule has 1 atom stereocenters. The van der Waals surface area contributed by atoms with Crippen molar-refractivity contribution in [2.24, 2.45) is 11.7 Å². The molecule has 0 saturated carbocycles. The van der Waals surface area contributed by atoms with Crippen molar-refractivity contribution in [3.63, 3.8) is 0 Å². The second-order valence-corrected chi connectivity index (χ2v) is 6.79. The number of nitrogens with two attached hydrogens (primary N) is 1. The highest BCUT2D eigenvalue weighted by Crippen LogP contribution is 2.23. The molecule has 1 amide bonds. The summed E-state index contributed by atoms with van der Waals surface area (Å²) in [4.78, 5) is 21.7. The fourth-order valence-corrected chi connectivity index (χ4v) is 2.72. The summed E-state index contributed by atoms with van der Waals surface area (Å²) in [5.74, 6) is 0.848. The van der Waals surface area contributed by atoms with Gasteiger partial charge in [-0.15, -0.1) is 4.80 Å². The quantitative estimate of drug-likeness (QED) is 0.528. The SMILES string of the molecule is CC(C)CC(Nc1cnc(C#N)c(Nc2cccc(-n3nccn3)n2)c1)C(N)=O. The van der Waals surface area contributed by atoms with Crippen LogP contribution in [0.1, 0.15) is 26.0 Å². The standard InChI is InChI=1S/C19H21N9O/c1-12(2)8-15(19(21)29)25-13-9-14(16(10-20)22-11-13)26-17-4-3-5-18(27-17)28-23-6-7-24-28/h3-7,9,11-12,15,25H,8H2,1-2H3,(H2,21,29)(H,26,27).